The predicted octanol–water partition coefficient (Wildman–Crippen LogP) is 2.00. The zero-order chi connectivity index (χ0) is 14.6. The molecule has 1 aliphatic carbocycles. The Hall–Kier alpha value is -1.91. The number of hydrogen-bond donors (Lipinski definition) is 1. The molecular weight excluding hydrogens is 256 g/mol. The highest BCUT2D eigenvalue weighted by Gasteiger charge is 2.42. The topological polar surface area (TPSA) is 68.3 Å². The van der Waals surface area contributed by atoms with E-state index >= 15 is 0 Å². The number of carbonyl (C=O) groups excluding carboxylic acids is 2. The van der Waals surface area contributed by atoms with E-state index in [-0.39, 0.29) is 11.9 Å². The monoisotopic (exact) mass is 276 g/mol. The average Bonchev–Trinajstić information content (AvgIpc) is 2.48. The van der Waals surface area contributed by atoms with Crippen LogP contribution in [0.3, 0.4) is 0 Å². The van der Waals surface area contributed by atoms with E-state index in [1.54, 1.807) is 12.1 Å². The largest absolute Gasteiger partial charge is 0.467 e. The van der Waals surface area contributed by atoms with Crippen molar-refractivity contribution in [1.29, 1.82) is 0 Å². The van der Waals surface area contributed by atoms with Crippen LogP contribution in [0.2, 0.25) is 0 Å². The molecule has 1 heterocycles. The van der Waals surface area contributed by atoms with E-state index in [1.165, 1.54) is 13.3 Å². The van der Waals surface area contributed by atoms with Crippen LogP contribution < -0.4 is 5.32 Å². The summed E-state index contributed by atoms with van der Waals surface area (Å²) in [6.45, 7) is 1.86. The second-order valence-electron chi connectivity index (χ2n) is 5.28. The highest BCUT2D eigenvalue weighted by atomic mass is 16.5. The first-order valence-electron chi connectivity index (χ1n) is 6.91. The van der Waals surface area contributed by atoms with Crippen LogP contribution in [0.25, 0.3) is 0 Å². The second-order valence-corrected chi connectivity index (χ2v) is 5.28. The van der Waals surface area contributed by atoms with Crippen LogP contribution in [-0.2, 0) is 9.53 Å². The van der Waals surface area contributed by atoms with Crippen molar-refractivity contribution in [3.8, 4) is 0 Å². The first-order chi connectivity index (χ1) is 9.57. The summed E-state index contributed by atoms with van der Waals surface area (Å²) in [6.07, 6.45) is 5.71. The molecule has 1 saturated carbocycles. The number of nitrogens with one attached hydrogen (secondary N) is 1. The average molecular weight is 276 g/mol. The molecule has 0 atom stereocenters. The van der Waals surface area contributed by atoms with Crippen molar-refractivity contribution in [2.45, 2.75) is 44.6 Å². The normalized spacial score (nSPS) is 17.3. The van der Waals surface area contributed by atoms with Crippen molar-refractivity contribution in [3.05, 3.63) is 29.6 Å². The summed E-state index contributed by atoms with van der Waals surface area (Å²) in [5, 5.41) is 2.87. The Bertz CT molecular complexity index is 490. The third-order valence-corrected chi connectivity index (χ3v) is 3.81. The Morgan fingerprint density at radius 3 is 2.50 bits per heavy atom. The first kappa shape index (κ1) is 14.5. The van der Waals surface area contributed by atoms with Crippen molar-refractivity contribution in [1.82, 2.24) is 10.3 Å². The summed E-state index contributed by atoms with van der Waals surface area (Å²) in [4.78, 5) is 28.5. The SMILES string of the molecule is COC(=O)C1(NC(=O)c2ccc(C)nc2)CCCCC1. The molecule has 0 aliphatic heterocycles. The fraction of sp³-hybridized carbons (Fsp3) is 0.533. The lowest BCUT2D eigenvalue weighted by atomic mass is 9.81. The summed E-state index contributed by atoms with van der Waals surface area (Å²) >= 11 is 0. The molecule has 1 aromatic rings. The zero-order valence-corrected chi connectivity index (χ0v) is 11.9. The van der Waals surface area contributed by atoms with E-state index in [1.807, 2.05) is 6.92 Å². The van der Waals surface area contributed by atoms with Crippen LogP contribution in [0.15, 0.2) is 18.3 Å². The summed E-state index contributed by atoms with van der Waals surface area (Å²) in [6, 6.07) is 3.49. The van der Waals surface area contributed by atoms with Crippen molar-refractivity contribution in [3.63, 3.8) is 0 Å². The molecule has 0 radical (unpaired) electrons. The lowest BCUT2D eigenvalue weighted by Crippen LogP contribution is -2.56. The molecule has 0 saturated heterocycles. The predicted molar refractivity (Wildman–Crippen MR) is 74.3 cm³/mol. The number of aryl methyl sites for hydroxylation is 1. The van der Waals surface area contributed by atoms with Crippen LogP contribution in [0.4, 0.5) is 0 Å². The van der Waals surface area contributed by atoms with E-state index in [9.17, 15) is 9.59 Å². The summed E-state index contributed by atoms with van der Waals surface area (Å²) in [7, 11) is 1.36. The lowest BCUT2D eigenvalue weighted by Gasteiger charge is -2.35. The number of ether oxygens (including phenoxy) is 1. The number of methoxy groups -OCH3 is 1. The number of aromatic nitrogens is 1. The Kier molecular flexibility index (Phi) is 4.37. The van der Waals surface area contributed by atoms with E-state index in [0.717, 1.165) is 25.0 Å². The number of esters is 1. The number of rotatable bonds is 3. The summed E-state index contributed by atoms with van der Waals surface area (Å²) < 4.78 is 4.88. The second kappa shape index (κ2) is 6.03. The van der Waals surface area contributed by atoms with Crippen molar-refractivity contribution in [2.24, 2.45) is 0 Å². The summed E-state index contributed by atoms with van der Waals surface area (Å²) in [5.74, 6) is -0.629. The van der Waals surface area contributed by atoms with Gasteiger partial charge < -0.3 is 10.1 Å². The van der Waals surface area contributed by atoms with Gasteiger partial charge in [-0.15, -0.1) is 0 Å². The molecular formula is C15H20N2O3. The quantitative estimate of drug-likeness (QED) is 0.857. The fourth-order valence-corrected chi connectivity index (χ4v) is 2.62. The van der Waals surface area contributed by atoms with E-state index in [2.05, 4.69) is 10.3 Å². The van der Waals surface area contributed by atoms with Crippen molar-refractivity contribution >= 4 is 11.9 Å². The van der Waals surface area contributed by atoms with Gasteiger partial charge in [-0.1, -0.05) is 19.3 Å². The lowest BCUT2D eigenvalue weighted by molar-refractivity contribution is -0.149. The third kappa shape index (κ3) is 2.98. The maximum Gasteiger partial charge on any atom is 0.331 e. The van der Waals surface area contributed by atoms with Gasteiger partial charge in [-0.2, -0.15) is 0 Å². The number of carbonyl (C=O) groups is 2. The Labute approximate surface area is 118 Å². The Morgan fingerprint density at radius 2 is 1.95 bits per heavy atom. The molecule has 20 heavy (non-hydrogen) atoms. The van der Waals surface area contributed by atoms with Gasteiger partial charge in [0.1, 0.15) is 5.54 Å². The molecule has 5 nitrogen and oxygen atoms in total. The number of nitrogens with zero attached hydrogens (tertiary/aromatic N) is 1. The smallest absolute Gasteiger partial charge is 0.331 e. The molecule has 1 aliphatic rings. The van der Waals surface area contributed by atoms with E-state index in [0.29, 0.717) is 18.4 Å². The molecule has 1 fully saturated rings. The van der Waals surface area contributed by atoms with Gasteiger partial charge in [-0.3, -0.25) is 9.78 Å². The molecule has 1 aromatic heterocycles. The van der Waals surface area contributed by atoms with E-state index in [4.69, 9.17) is 4.74 Å². The minimum absolute atomic E-state index is 0.273. The van der Waals surface area contributed by atoms with Gasteiger partial charge in [0, 0.05) is 11.9 Å². The highest BCUT2D eigenvalue weighted by Crippen LogP contribution is 2.29. The van der Waals surface area contributed by atoms with Crippen LogP contribution in [0.5, 0.6) is 0 Å². The molecule has 0 aromatic carbocycles. The molecule has 5 heteroatoms. The van der Waals surface area contributed by atoms with Gasteiger partial charge in [0.05, 0.1) is 12.7 Å². The fourth-order valence-electron chi connectivity index (χ4n) is 2.62. The van der Waals surface area contributed by atoms with Crippen LogP contribution >= 0.6 is 0 Å². The van der Waals surface area contributed by atoms with Gasteiger partial charge in [-0.05, 0) is 31.9 Å². The highest BCUT2D eigenvalue weighted by molar-refractivity contribution is 5.98. The van der Waals surface area contributed by atoms with Gasteiger partial charge in [0.25, 0.3) is 5.91 Å². The number of pyridine rings is 1. The van der Waals surface area contributed by atoms with Gasteiger partial charge in [-0.25, -0.2) is 4.79 Å². The minimum atomic E-state index is -0.880. The minimum Gasteiger partial charge on any atom is -0.467 e. The molecule has 0 spiro atoms. The number of hydrogen-bond acceptors (Lipinski definition) is 4. The van der Waals surface area contributed by atoms with Gasteiger partial charge in [0.15, 0.2) is 0 Å². The molecule has 0 bridgehead atoms. The number of amides is 1. The maximum absolute atomic E-state index is 12.3. The standard InChI is InChI=1S/C15H20N2O3/c1-11-6-7-12(10-16-11)13(18)17-15(14(19)20-2)8-4-3-5-9-15/h6-7,10H,3-5,8-9H2,1-2H3,(H,17,18). The molecule has 1 amide bonds. The molecule has 108 valence electrons. The van der Waals surface area contributed by atoms with Gasteiger partial charge >= 0.3 is 5.97 Å². The molecule has 0 unspecified atom stereocenters. The molecule has 2 rings (SSSR count). The van der Waals surface area contributed by atoms with E-state index < -0.39 is 5.54 Å². The first-order valence-corrected chi connectivity index (χ1v) is 6.91. The molecule has 1 N–H and O–H groups in total. The Morgan fingerprint density at radius 1 is 1.25 bits per heavy atom. The zero-order valence-electron chi connectivity index (χ0n) is 11.9. The Balaban J connectivity index is 2.17. The maximum atomic E-state index is 12.3. The van der Waals surface area contributed by atoms with Gasteiger partial charge in [0.2, 0.25) is 0 Å². The van der Waals surface area contributed by atoms with Crippen LogP contribution in [0.1, 0.15) is 48.2 Å². The van der Waals surface area contributed by atoms with Crippen molar-refractivity contribution in [2.75, 3.05) is 7.11 Å². The van der Waals surface area contributed by atoms with Crippen LogP contribution in [0, 0.1) is 6.92 Å². The van der Waals surface area contributed by atoms with Crippen molar-refractivity contribution < 1.29 is 14.3 Å². The summed E-state index contributed by atoms with van der Waals surface area (Å²) in [5.41, 5.74) is 0.431. The third-order valence-electron chi connectivity index (χ3n) is 3.81. The van der Waals surface area contributed by atoms with Crippen LogP contribution in [-0.4, -0.2) is 29.5 Å².